The molecule has 1 amide bonds. The minimum Gasteiger partial charge on any atom is -0.312 e. The molecule has 8 heteroatoms. The monoisotopic (exact) mass is 507 g/mol. The molecule has 1 aromatic heterocycles. The number of benzene rings is 3. The van der Waals surface area contributed by atoms with Crippen LogP contribution in [0.5, 0.6) is 0 Å². The highest BCUT2D eigenvalue weighted by Gasteiger charge is 2.23. The van der Waals surface area contributed by atoms with Gasteiger partial charge in [-0.15, -0.1) is 6.58 Å². The lowest BCUT2D eigenvalue weighted by atomic mass is 10.1. The second-order valence-electron chi connectivity index (χ2n) is 8.26. The number of carbonyl (C=O) groups excluding carboxylic acids is 1. The van der Waals surface area contributed by atoms with Crippen LogP contribution in [0.1, 0.15) is 37.0 Å². The van der Waals surface area contributed by atoms with Gasteiger partial charge in [-0.05, 0) is 48.6 Å². The summed E-state index contributed by atoms with van der Waals surface area (Å²) in [6.45, 7) is 9.22. The van der Waals surface area contributed by atoms with Crippen LogP contribution in [0, 0.1) is 0 Å². The van der Waals surface area contributed by atoms with Crippen LogP contribution in [0.4, 0.5) is 0 Å². The van der Waals surface area contributed by atoms with Gasteiger partial charge in [-0.3, -0.25) is 4.79 Å². The van der Waals surface area contributed by atoms with Gasteiger partial charge in [-0.25, -0.2) is 8.42 Å². The van der Waals surface area contributed by atoms with Gasteiger partial charge in [0.25, 0.3) is 5.91 Å². The van der Waals surface area contributed by atoms with E-state index in [1.807, 2.05) is 36.6 Å². The van der Waals surface area contributed by atoms with Crippen LogP contribution in [-0.2, 0) is 16.6 Å². The molecule has 6 nitrogen and oxygen atoms in total. The van der Waals surface area contributed by atoms with Crippen molar-refractivity contribution in [2.75, 3.05) is 13.1 Å². The zero-order valence-electron chi connectivity index (χ0n) is 20.0. The van der Waals surface area contributed by atoms with E-state index in [9.17, 15) is 13.2 Å². The second-order valence-corrected chi connectivity index (χ2v) is 11.2. The van der Waals surface area contributed by atoms with Crippen molar-refractivity contribution >= 4 is 48.3 Å². The third kappa shape index (κ3) is 5.00. The molecule has 182 valence electrons. The highest BCUT2D eigenvalue weighted by molar-refractivity contribution is 7.89. The molecular formula is C27H29N3O3S2. The molecule has 35 heavy (non-hydrogen) atoms. The molecule has 0 saturated carbocycles. The van der Waals surface area contributed by atoms with Crippen LogP contribution < -0.4 is 4.80 Å². The van der Waals surface area contributed by atoms with E-state index < -0.39 is 15.9 Å². The molecule has 0 fully saturated rings. The Hall–Kier alpha value is -3.07. The van der Waals surface area contributed by atoms with Crippen molar-refractivity contribution < 1.29 is 13.2 Å². The smallest absolute Gasteiger partial charge is 0.279 e. The summed E-state index contributed by atoms with van der Waals surface area (Å²) in [4.78, 5) is 18.2. The highest BCUT2D eigenvalue weighted by atomic mass is 32.2. The van der Waals surface area contributed by atoms with E-state index in [4.69, 9.17) is 0 Å². The molecule has 0 N–H and O–H groups in total. The molecule has 3 aromatic carbocycles. The van der Waals surface area contributed by atoms with E-state index in [1.54, 1.807) is 6.08 Å². The first-order valence-corrected chi connectivity index (χ1v) is 14.0. The molecule has 0 aliphatic heterocycles. The van der Waals surface area contributed by atoms with Crippen LogP contribution in [0.3, 0.4) is 0 Å². The number of amides is 1. The molecule has 0 atom stereocenters. The highest BCUT2D eigenvalue weighted by Crippen LogP contribution is 2.27. The molecule has 0 spiro atoms. The van der Waals surface area contributed by atoms with Crippen molar-refractivity contribution in [3.63, 3.8) is 0 Å². The zero-order valence-corrected chi connectivity index (χ0v) is 21.6. The predicted molar refractivity (Wildman–Crippen MR) is 143 cm³/mol. The number of allylic oxidation sites excluding steroid dienone is 1. The summed E-state index contributed by atoms with van der Waals surface area (Å²) >= 11 is 1.46. The molecule has 4 rings (SSSR count). The van der Waals surface area contributed by atoms with Crippen LogP contribution in [-0.4, -0.2) is 36.3 Å². The first-order valence-electron chi connectivity index (χ1n) is 11.7. The van der Waals surface area contributed by atoms with Gasteiger partial charge in [-0.1, -0.05) is 61.6 Å². The van der Waals surface area contributed by atoms with Crippen LogP contribution in [0.2, 0.25) is 0 Å². The Bertz CT molecular complexity index is 1540. The molecule has 0 bridgehead atoms. The van der Waals surface area contributed by atoms with Crippen LogP contribution in [0.25, 0.3) is 21.0 Å². The average Bonchev–Trinajstić information content (AvgIpc) is 3.21. The van der Waals surface area contributed by atoms with Gasteiger partial charge in [0.1, 0.15) is 0 Å². The SMILES string of the molecule is C=CCn1c(=NC(=O)c2ccc(S(=O)(=O)N(CCC)CCC)cc2)sc2c3ccccc3ccc21. The van der Waals surface area contributed by atoms with E-state index in [1.165, 1.54) is 39.9 Å². The summed E-state index contributed by atoms with van der Waals surface area (Å²) in [5.74, 6) is -0.415. The molecule has 0 aliphatic rings. The van der Waals surface area contributed by atoms with Gasteiger partial charge >= 0.3 is 0 Å². The van der Waals surface area contributed by atoms with E-state index in [-0.39, 0.29) is 4.90 Å². The number of aromatic nitrogens is 1. The van der Waals surface area contributed by atoms with Crippen molar-refractivity contribution in [2.45, 2.75) is 38.1 Å². The third-order valence-corrected chi connectivity index (χ3v) is 8.81. The molecule has 0 saturated heterocycles. The van der Waals surface area contributed by atoms with Gasteiger partial charge in [-0.2, -0.15) is 9.30 Å². The standard InChI is InChI=1S/C27H29N3O3S2/c1-4-17-29(18-5-2)35(32,33)22-14-11-21(12-15-22)26(31)28-27-30(19-6-3)24-16-13-20-9-7-8-10-23(20)25(24)34-27/h6-16H,3-5,17-19H2,1-2H3. The summed E-state index contributed by atoms with van der Waals surface area (Å²) in [7, 11) is -3.60. The number of nitrogens with zero attached hydrogens (tertiary/aromatic N) is 3. The van der Waals surface area contributed by atoms with Crippen LogP contribution in [0.15, 0.2) is 83.2 Å². The Labute approximate surface area is 209 Å². The lowest BCUT2D eigenvalue weighted by Crippen LogP contribution is -2.32. The molecule has 4 aromatic rings. The molecule has 0 aliphatic carbocycles. The summed E-state index contributed by atoms with van der Waals surface area (Å²) in [6.07, 6.45) is 3.26. The Morgan fingerprint density at radius 3 is 2.37 bits per heavy atom. The number of thiazole rings is 1. The number of sulfonamides is 1. The molecule has 1 heterocycles. The van der Waals surface area contributed by atoms with E-state index in [2.05, 4.69) is 29.8 Å². The van der Waals surface area contributed by atoms with E-state index >= 15 is 0 Å². The van der Waals surface area contributed by atoms with Crippen molar-refractivity contribution in [1.82, 2.24) is 8.87 Å². The fourth-order valence-corrected chi connectivity index (χ4v) is 6.91. The maximum atomic E-state index is 13.1. The van der Waals surface area contributed by atoms with E-state index in [0.717, 1.165) is 33.8 Å². The van der Waals surface area contributed by atoms with Gasteiger partial charge < -0.3 is 4.57 Å². The quantitative estimate of drug-likeness (QED) is 0.277. The van der Waals surface area contributed by atoms with Gasteiger partial charge in [0.2, 0.25) is 10.0 Å². The first kappa shape index (κ1) is 25.0. The Kier molecular flexibility index (Phi) is 7.64. The van der Waals surface area contributed by atoms with Crippen molar-refractivity contribution in [2.24, 2.45) is 4.99 Å². The minimum atomic E-state index is -3.60. The summed E-state index contributed by atoms with van der Waals surface area (Å²) in [5.41, 5.74) is 1.34. The Morgan fingerprint density at radius 1 is 1.03 bits per heavy atom. The first-order chi connectivity index (χ1) is 16.9. The lowest BCUT2D eigenvalue weighted by molar-refractivity contribution is 0.0997. The number of hydrogen-bond donors (Lipinski definition) is 0. The van der Waals surface area contributed by atoms with Gasteiger partial charge in [0, 0.05) is 30.6 Å². The van der Waals surface area contributed by atoms with Crippen molar-refractivity contribution in [1.29, 1.82) is 0 Å². The summed E-state index contributed by atoms with van der Waals surface area (Å²) < 4.78 is 30.6. The fourth-order valence-electron chi connectivity index (χ4n) is 4.11. The number of rotatable bonds is 9. The molecule has 0 radical (unpaired) electrons. The minimum absolute atomic E-state index is 0.186. The number of carbonyl (C=O) groups is 1. The zero-order chi connectivity index (χ0) is 25.0. The number of hydrogen-bond acceptors (Lipinski definition) is 4. The predicted octanol–water partition coefficient (Wildman–Crippen LogP) is 5.59. The maximum Gasteiger partial charge on any atom is 0.279 e. The Morgan fingerprint density at radius 2 is 1.71 bits per heavy atom. The summed E-state index contributed by atoms with van der Waals surface area (Å²) in [5, 5.41) is 2.24. The topological polar surface area (TPSA) is 71.7 Å². The fraction of sp³-hybridized carbons (Fsp3) is 0.259. The van der Waals surface area contributed by atoms with Gasteiger partial charge in [0.05, 0.1) is 15.1 Å². The van der Waals surface area contributed by atoms with Crippen molar-refractivity contribution in [3.8, 4) is 0 Å². The normalized spacial score (nSPS) is 12.6. The van der Waals surface area contributed by atoms with E-state index in [0.29, 0.717) is 30.0 Å². The van der Waals surface area contributed by atoms with Crippen molar-refractivity contribution in [3.05, 3.63) is 83.7 Å². The average molecular weight is 508 g/mol. The lowest BCUT2D eigenvalue weighted by Gasteiger charge is -2.21. The van der Waals surface area contributed by atoms with Crippen LogP contribution >= 0.6 is 11.3 Å². The largest absolute Gasteiger partial charge is 0.312 e. The maximum absolute atomic E-state index is 13.1. The summed E-state index contributed by atoms with van der Waals surface area (Å²) in [6, 6.07) is 18.3. The molecular weight excluding hydrogens is 478 g/mol. The number of fused-ring (bicyclic) bond motifs is 3. The van der Waals surface area contributed by atoms with Gasteiger partial charge in [0.15, 0.2) is 4.80 Å². The molecule has 0 unspecified atom stereocenters. The third-order valence-electron chi connectivity index (χ3n) is 5.77. The Balaban J connectivity index is 1.72. The second kappa shape index (κ2) is 10.7.